The number of H-pyrrole nitrogens is 1. The Bertz CT molecular complexity index is 1480. The zero-order valence-electron chi connectivity index (χ0n) is 22.0. The van der Waals surface area contributed by atoms with Crippen molar-refractivity contribution in [1.82, 2.24) is 14.5 Å². The minimum absolute atomic E-state index is 0.0854. The predicted molar refractivity (Wildman–Crippen MR) is 129 cm³/mol. The summed E-state index contributed by atoms with van der Waals surface area (Å²) in [4.78, 5) is 92.2. The van der Waals surface area contributed by atoms with E-state index in [-0.39, 0.29) is 24.2 Å². The summed E-state index contributed by atoms with van der Waals surface area (Å²) in [6, 6.07) is 1.00. The van der Waals surface area contributed by atoms with Crippen molar-refractivity contribution >= 4 is 29.8 Å². The van der Waals surface area contributed by atoms with Gasteiger partial charge in [0.25, 0.3) is 5.56 Å². The molecule has 2 aromatic heterocycles. The summed E-state index contributed by atoms with van der Waals surface area (Å²) in [6.07, 6.45) is -2.08. The van der Waals surface area contributed by atoms with Gasteiger partial charge in [-0.3, -0.25) is 23.9 Å². The lowest BCUT2D eigenvalue weighted by Crippen LogP contribution is -2.34. The fourth-order valence-corrected chi connectivity index (χ4v) is 3.97. The number of esters is 5. The largest absolute Gasteiger partial charge is 0.465 e. The Morgan fingerprint density at radius 1 is 0.975 bits per heavy atom. The topological polar surface area (TPSA) is 208 Å². The van der Waals surface area contributed by atoms with E-state index in [0.717, 1.165) is 45.1 Å². The van der Waals surface area contributed by atoms with Crippen molar-refractivity contribution in [3.63, 3.8) is 0 Å². The highest BCUT2D eigenvalue weighted by atomic mass is 16.6. The molecule has 1 aliphatic rings. The quantitative estimate of drug-likeness (QED) is 0.324. The van der Waals surface area contributed by atoms with E-state index < -0.39 is 76.5 Å². The maximum Gasteiger partial charge on any atom is 0.357 e. The average Bonchev–Trinajstić information content (AvgIpc) is 3.31. The van der Waals surface area contributed by atoms with Crippen molar-refractivity contribution in [2.75, 3.05) is 27.9 Å². The zero-order chi connectivity index (χ0) is 29.7. The molecule has 2 aromatic rings. The van der Waals surface area contributed by atoms with Gasteiger partial charge in [0.2, 0.25) is 0 Å². The number of nitrogens with zero attached hydrogens (tertiary/aromatic N) is 2. The Hall–Kier alpha value is -4.86. The molecule has 0 saturated carbocycles. The van der Waals surface area contributed by atoms with Crippen LogP contribution in [0.25, 0.3) is 11.1 Å². The van der Waals surface area contributed by atoms with Crippen molar-refractivity contribution in [2.45, 2.75) is 38.7 Å². The molecule has 16 nitrogen and oxygen atoms in total. The molecule has 3 rings (SSSR count). The van der Waals surface area contributed by atoms with Gasteiger partial charge in [0.05, 0.1) is 26.9 Å². The lowest BCUT2D eigenvalue weighted by Gasteiger charge is -2.18. The number of methoxy groups -OCH3 is 3. The molecule has 1 N–H and O–H groups in total. The fraction of sp³-hybridized carbons (Fsp3) is 0.417. The third kappa shape index (κ3) is 6.23. The fourth-order valence-electron chi connectivity index (χ4n) is 3.97. The van der Waals surface area contributed by atoms with Crippen LogP contribution in [0.15, 0.2) is 21.9 Å². The number of carbonyl (C=O) groups excluding carboxylic acids is 5. The summed E-state index contributed by atoms with van der Waals surface area (Å²) in [5, 5.41) is 0. The molecule has 3 heterocycles. The third-order valence-corrected chi connectivity index (χ3v) is 5.70. The standard InChI is InChI=1S/C24H25N3O13/c1-10(28)38-9-16-15(39-11(2)29)7-17(40-16)27-8-13(20(30)26-24(27)34)12-6-14(21(31)35-3)25-19(23(33)37-5)18(12)22(32)36-4/h6,8,15-17H,7,9H2,1-5H3,(H,26,30,34)/t15?,16-,17-/m1/s1. The molecule has 0 aromatic carbocycles. The third-order valence-electron chi connectivity index (χ3n) is 5.70. The molecule has 1 aliphatic heterocycles. The first-order valence-corrected chi connectivity index (χ1v) is 11.5. The number of carbonyl (C=O) groups is 5. The van der Waals surface area contributed by atoms with Gasteiger partial charge >= 0.3 is 35.5 Å². The summed E-state index contributed by atoms with van der Waals surface area (Å²) < 4.78 is 31.1. The highest BCUT2D eigenvalue weighted by Gasteiger charge is 2.40. The summed E-state index contributed by atoms with van der Waals surface area (Å²) in [5.41, 5.74) is -4.28. The van der Waals surface area contributed by atoms with Crippen molar-refractivity contribution < 1.29 is 52.4 Å². The van der Waals surface area contributed by atoms with Crippen LogP contribution in [0.4, 0.5) is 0 Å². The van der Waals surface area contributed by atoms with Crippen molar-refractivity contribution in [1.29, 1.82) is 0 Å². The Morgan fingerprint density at radius 3 is 2.20 bits per heavy atom. The molecule has 16 heteroatoms. The first kappa shape index (κ1) is 29.7. The van der Waals surface area contributed by atoms with Crippen LogP contribution < -0.4 is 11.2 Å². The molecule has 214 valence electrons. The summed E-state index contributed by atoms with van der Waals surface area (Å²) in [7, 11) is 3.06. The minimum atomic E-state index is -1.14. The van der Waals surface area contributed by atoms with Crippen LogP contribution in [0.2, 0.25) is 0 Å². The summed E-state index contributed by atoms with van der Waals surface area (Å²) in [6.45, 7) is 2.04. The molecule has 1 saturated heterocycles. The van der Waals surface area contributed by atoms with Crippen LogP contribution in [-0.2, 0) is 38.0 Å². The molecule has 40 heavy (non-hydrogen) atoms. The SMILES string of the molecule is COC(=O)c1cc(-c2cn([C@H]3CC(OC(C)=O)[C@@H](COC(C)=O)O3)c(=O)[nH]c2=O)c(C(=O)OC)c(C(=O)OC)n1. The van der Waals surface area contributed by atoms with E-state index in [1.807, 2.05) is 0 Å². The summed E-state index contributed by atoms with van der Waals surface area (Å²) >= 11 is 0. The van der Waals surface area contributed by atoms with Gasteiger partial charge in [-0.15, -0.1) is 0 Å². The number of nitrogens with one attached hydrogen (secondary N) is 1. The van der Waals surface area contributed by atoms with Crippen LogP contribution in [0.5, 0.6) is 0 Å². The van der Waals surface area contributed by atoms with Crippen molar-refractivity contribution in [3.05, 3.63) is 50.1 Å². The molecule has 0 bridgehead atoms. The van der Waals surface area contributed by atoms with Crippen LogP contribution in [0, 0.1) is 0 Å². The van der Waals surface area contributed by atoms with Gasteiger partial charge < -0.3 is 28.4 Å². The van der Waals surface area contributed by atoms with E-state index in [2.05, 4.69) is 19.4 Å². The van der Waals surface area contributed by atoms with Gasteiger partial charge in [-0.25, -0.2) is 24.2 Å². The highest BCUT2D eigenvalue weighted by molar-refractivity contribution is 6.08. The molecule has 0 spiro atoms. The predicted octanol–water partition coefficient (Wildman–Crippen LogP) is -0.259. The van der Waals surface area contributed by atoms with Crippen LogP contribution in [0.3, 0.4) is 0 Å². The van der Waals surface area contributed by atoms with Crippen LogP contribution in [-0.4, -0.2) is 84.5 Å². The second-order valence-corrected chi connectivity index (χ2v) is 8.28. The number of hydrogen-bond acceptors (Lipinski definition) is 14. The minimum Gasteiger partial charge on any atom is -0.465 e. The Balaban J connectivity index is 2.22. The Labute approximate surface area is 225 Å². The summed E-state index contributed by atoms with van der Waals surface area (Å²) in [5.74, 6) is -4.52. The Kier molecular flexibility index (Phi) is 9.15. The molecule has 0 amide bonds. The van der Waals surface area contributed by atoms with E-state index in [9.17, 15) is 33.6 Å². The molecule has 3 atom stereocenters. The van der Waals surface area contributed by atoms with E-state index in [1.165, 1.54) is 6.92 Å². The smallest absolute Gasteiger partial charge is 0.357 e. The monoisotopic (exact) mass is 563 g/mol. The number of rotatable bonds is 8. The first-order chi connectivity index (χ1) is 18.9. The van der Waals surface area contributed by atoms with Gasteiger partial charge in [0.15, 0.2) is 5.69 Å². The number of ether oxygens (including phenoxy) is 6. The van der Waals surface area contributed by atoms with Gasteiger partial charge in [-0.2, -0.15) is 0 Å². The number of aromatic nitrogens is 3. The van der Waals surface area contributed by atoms with E-state index in [4.69, 9.17) is 18.9 Å². The molecule has 0 aliphatic carbocycles. The van der Waals surface area contributed by atoms with E-state index in [0.29, 0.717) is 0 Å². The lowest BCUT2D eigenvalue weighted by molar-refractivity contribution is -0.155. The molecular formula is C24H25N3O13. The van der Waals surface area contributed by atoms with Gasteiger partial charge in [0.1, 0.15) is 36.3 Å². The second kappa shape index (κ2) is 12.3. The maximum atomic E-state index is 13.0. The zero-order valence-corrected chi connectivity index (χ0v) is 22.0. The van der Waals surface area contributed by atoms with E-state index in [1.54, 1.807) is 0 Å². The van der Waals surface area contributed by atoms with Crippen LogP contribution >= 0.6 is 0 Å². The number of pyridine rings is 1. The normalized spacial score (nSPS) is 18.0. The molecule has 0 radical (unpaired) electrons. The second-order valence-electron chi connectivity index (χ2n) is 8.28. The van der Waals surface area contributed by atoms with Gasteiger partial charge in [0, 0.05) is 32.0 Å². The van der Waals surface area contributed by atoms with Crippen LogP contribution in [0.1, 0.15) is 57.8 Å². The Morgan fingerprint density at radius 2 is 1.62 bits per heavy atom. The van der Waals surface area contributed by atoms with Gasteiger partial charge in [-0.1, -0.05) is 0 Å². The molecule has 1 unspecified atom stereocenters. The van der Waals surface area contributed by atoms with E-state index >= 15 is 0 Å². The van der Waals surface area contributed by atoms with Gasteiger partial charge in [-0.05, 0) is 6.07 Å². The molecular weight excluding hydrogens is 538 g/mol. The first-order valence-electron chi connectivity index (χ1n) is 11.5. The number of aromatic amines is 1. The number of hydrogen-bond donors (Lipinski definition) is 1. The van der Waals surface area contributed by atoms with Crippen molar-refractivity contribution in [2.24, 2.45) is 0 Å². The highest BCUT2D eigenvalue weighted by Crippen LogP contribution is 2.32. The lowest BCUT2D eigenvalue weighted by atomic mass is 9.99. The molecule has 1 fully saturated rings. The maximum absolute atomic E-state index is 13.0. The van der Waals surface area contributed by atoms with Crippen molar-refractivity contribution in [3.8, 4) is 11.1 Å². The average molecular weight is 563 g/mol.